The van der Waals surface area contributed by atoms with Crippen LogP contribution >= 0.6 is 0 Å². The lowest BCUT2D eigenvalue weighted by atomic mass is 10.1. The van der Waals surface area contributed by atoms with Gasteiger partial charge in [0.25, 0.3) is 0 Å². The average molecular weight is 227 g/mol. The SMILES string of the molecule is CN(c1cccc2cnccc12)[C@H]1CCNC1. The molecule has 3 nitrogen and oxygen atoms in total. The smallest absolute Gasteiger partial charge is 0.0447 e. The van der Waals surface area contributed by atoms with E-state index < -0.39 is 0 Å². The van der Waals surface area contributed by atoms with E-state index >= 15 is 0 Å². The number of anilines is 1. The van der Waals surface area contributed by atoms with Crippen molar-refractivity contribution < 1.29 is 0 Å². The fourth-order valence-electron chi connectivity index (χ4n) is 2.58. The summed E-state index contributed by atoms with van der Waals surface area (Å²) in [6.45, 7) is 2.21. The van der Waals surface area contributed by atoms with Gasteiger partial charge in [-0.15, -0.1) is 0 Å². The number of hydrogen-bond acceptors (Lipinski definition) is 3. The number of fused-ring (bicyclic) bond motifs is 1. The average Bonchev–Trinajstić information content (AvgIpc) is 2.91. The number of nitrogens with zero attached hydrogens (tertiary/aromatic N) is 2. The Morgan fingerprint density at radius 2 is 2.29 bits per heavy atom. The molecule has 1 N–H and O–H groups in total. The van der Waals surface area contributed by atoms with E-state index in [1.807, 2.05) is 12.4 Å². The zero-order valence-corrected chi connectivity index (χ0v) is 10.1. The van der Waals surface area contributed by atoms with Crippen molar-refractivity contribution >= 4 is 16.5 Å². The number of benzene rings is 1. The molecular formula is C14H17N3. The molecule has 0 unspecified atom stereocenters. The quantitative estimate of drug-likeness (QED) is 0.851. The monoisotopic (exact) mass is 227 g/mol. The van der Waals surface area contributed by atoms with Gasteiger partial charge in [-0.1, -0.05) is 12.1 Å². The minimum absolute atomic E-state index is 0.605. The molecule has 0 spiro atoms. The van der Waals surface area contributed by atoms with Crippen LogP contribution in [-0.2, 0) is 0 Å². The molecule has 88 valence electrons. The topological polar surface area (TPSA) is 28.2 Å². The van der Waals surface area contributed by atoms with Gasteiger partial charge in [-0.2, -0.15) is 0 Å². The summed E-state index contributed by atoms with van der Waals surface area (Å²) in [5.74, 6) is 0. The first-order valence-corrected chi connectivity index (χ1v) is 6.12. The molecule has 0 bridgehead atoms. The highest BCUT2D eigenvalue weighted by Crippen LogP contribution is 2.27. The van der Waals surface area contributed by atoms with E-state index in [1.54, 1.807) is 0 Å². The van der Waals surface area contributed by atoms with Crippen LogP contribution in [0.4, 0.5) is 5.69 Å². The Bertz CT molecular complexity index is 512. The Labute approximate surface area is 101 Å². The summed E-state index contributed by atoms with van der Waals surface area (Å²) in [4.78, 5) is 6.57. The molecule has 1 saturated heterocycles. The number of nitrogens with one attached hydrogen (secondary N) is 1. The lowest BCUT2D eigenvalue weighted by Gasteiger charge is -2.27. The van der Waals surface area contributed by atoms with E-state index in [2.05, 4.69) is 46.5 Å². The molecule has 2 aromatic rings. The third-order valence-electron chi connectivity index (χ3n) is 3.62. The van der Waals surface area contributed by atoms with Gasteiger partial charge in [-0.3, -0.25) is 4.98 Å². The predicted molar refractivity (Wildman–Crippen MR) is 71.4 cm³/mol. The summed E-state index contributed by atoms with van der Waals surface area (Å²) in [6.07, 6.45) is 5.02. The minimum Gasteiger partial charge on any atom is -0.370 e. The second kappa shape index (κ2) is 4.34. The Kier molecular flexibility index (Phi) is 2.69. The number of hydrogen-bond donors (Lipinski definition) is 1. The molecule has 1 aliphatic heterocycles. The van der Waals surface area contributed by atoms with Crippen molar-refractivity contribution in [1.82, 2.24) is 10.3 Å². The Balaban J connectivity index is 2.04. The van der Waals surface area contributed by atoms with Crippen LogP contribution in [0.2, 0.25) is 0 Å². The normalized spacial score (nSPS) is 19.7. The molecule has 0 amide bonds. The van der Waals surface area contributed by atoms with Gasteiger partial charge in [-0.05, 0) is 25.1 Å². The molecule has 0 saturated carbocycles. The summed E-state index contributed by atoms with van der Waals surface area (Å²) >= 11 is 0. The predicted octanol–water partition coefficient (Wildman–Crippen LogP) is 2.03. The van der Waals surface area contributed by atoms with Crippen LogP contribution in [0.15, 0.2) is 36.7 Å². The maximum absolute atomic E-state index is 4.18. The van der Waals surface area contributed by atoms with Crippen molar-refractivity contribution in [2.45, 2.75) is 12.5 Å². The molecule has 0 aliphatic carbocycles. The van der Waals surface area contributed by atoms with Crippen LogP contribution in [0, 0.1) is 0 Å². The third-order valence-corrected chi connectivity index (χ3v) is 3.62. The van der Waals surface area contributed by atoms with Crippen molar-refractivity contribution in [3.8, 4) is 0 Å². The first kappa shape index (κ1) is 10.5. The molecule has 1 fully saturated rings. The van der Waals surface area contributed by atoms with Crippen molar-refractivity contribution in [3.05, 3.63) is 36.7 Å². The number of aromatic nitrogens is 1. The van der Waals surface area contributed by atoms with Crippen LogP contribution in [0.1, 0.15) is 6.42 Å². The number of pyridine rings is 1. The second-order valence-corrected chi connectivity index (χ2v) is 4.63. The lowest BCUT2D eigenvalue weighted by molar-refractivity contribution is 0.687. The fourth-order valence-corrected chi connectivity index (χ4v) is 2.58. The van der Waals surface area contributed by atoms with Crippen LogP contribution in [-0.4, -0.2) is 31.2 Å². The largest absolute Gasteiger partial charge is 0.370 e. The summed E-state index contributed by atoms with van der Waals surface area (Å²) in [7, 11) is 2.19. The maximum atomic E-state index is 4.18. The molecule has 1 aliphatic rings. The molecular weight excluding hydrogens is 210 g/mol. The van der Waals surface area contributed by atoms with Crippen LogP contribution in [0.5, 0.6) is 0 Å². The standard InChI is InChI=1S/C14H17N3/c1-17(12-5-7-16-10-12)14-4-2-3-11-9-15-8-6-13(11)14/h2-4,6,8-9,12,16H,5,7,10H2,1H3/t12-/m0/s1. The second-order valence-electron chi connectivity index (χ2n) is 4.63. The van der Waals surface area contributed by atoms with Crippen LogP contribution < -0.4 is 10.2 Å². The fraction of sp³-hybridized carbons (Fsp3) is 0.357. The van der Waals surface area contributed by atoms with Crippen molar-refractivity contribution in [3.63, 3.8) is 0 Å². The summed E-state index contributed by atoms with van der Waals surface area (Å²) in [6, 6.07) is 9.13. The Hall–Kier alpha value is -1.61. The number of likely N-dealkylation sites (N-methyl/N-ethyl adjacent to an activating group) is 1. The van der Waals surface area contributed by atoms with E-state index in [0.717, 1.165) is 13.1 Å². The third kappa shape index (κ3) is 1.87. The summed E-state index contributed by atoms with van der Waals surface area (Å²) in [5.41, 5.74) is 1.30. The lowest BCUT2D eigenvalue weighted by Crippen LogP contribution is -2.33. The van der Waals surface area contributed by atoms with Gasteiger partial charge >= 0.3 is 0 Å². The molecule has 17 heavy (non-hydrogen) atoms. The molecule has 3 rings (SSSR count). The first-order chi connectivity index (χ1) is 8.36. The van der Waals surface area contributed by atoms with Gasteiger partial charge in [0.15, 0.2) is 0 Å². The first-order valence-electron chi connectivity index (χ1n) is 6.12. The van der Waals surface area contributed by atoms with Gasteiger partial charge in [0, 0.05) is 48.5 Å². The zero-order valence-electron chi connectivity index (χ0n) is 10.1. The van der Waals surface area contributed by atoms with Crippen molar-refractivity contribution in [1.29, 1.82) is 0 Å². The highest BCUT2D eigenvalue weighted by molar-refractivity contribution is 5.93. The van der Waals surface area contributed by atoms with E-state index in [1.165, 1.54) is 22.9 Å². The molecule has 0 radical (unpaired) electrons. The molecule has 1 atom stereocenters. The van der Waals surface area contributed by atoms with Gasteiger partial charge in [-0.25, -0.2) is 0 Å². The molecule has 1 aromatic heterocycles. The maximum Gasteiger partial charge on any atom is 0.0447 e. The Morgan fingerprint density at radius 1 is 1.35 bits per heavy atom. The summed E-state index contributed by atoms with van der Waals surface area (Å²) < 4.78 is 0. The zero-order chi connectivity index (χ0) is 11.7. The van der Waals surface area contributed by atoms with Crippen LogP contribution in [0.3, 0.4) is 0 Å². The molecule has 2 heterocycles. The van der Waals surface area contributed by atoms with E-state index in [-0.39, 0.29) is 0 Å². The highest BCUT2D eigenvalue weighted by atomic mass is 15.2. The summed E-state index contributed by atoms with van der Waals surface area (Å²) in [5, 5.41) is 5.92. The van der Waals surface area contributed by atoms with E-state index in [4.69, 9.17) is 0 Å². The van der Waals surface area contributed by atoms with Gasteiger partial charge in [0.05, 0.1) is 0 Å². The molecule has 1 aromatic carbocycles. The van der Waals surface area contributed by atoms with Crippen molar-refractivity contribution in [2.24, 2.45) is 0 Å². The number of rotatable bonds is 2. The highest BCUT2D eigenvalue weighted by Gasteiger charge is 2.20. The van der Waals surface area contributed by atoms with Gasteiger partial charge < -0.3 is 10.2 Å². The van der Waals surface area contributed by atoms with Crippen LogP contribution in [0.25, 0.3) is 10.8 Å². The van der Waals surface area contributed by atoms with Gasteiger partial charge in [0.2, 0.25) is 0 Å². The molecule has 3 heteroatoms. The van der Waals surface area contributed by atoms with E-state index in [0.29, 0.717) is 6.04 Å². The Morgan fingerprint density at radius 3 is 3.12 bits per heavy atom. The van der Waals surface area contributed by atoms with E-state index in [9.17, 15) is 0 Å². The van der Waals surface area contributed by atoms with Crippen molar-refractivity contribution in [2.75, 3.05) is 25.0 Å². The minimum atomic E-state index is 0.605. The van der Waals surface area contributed by atoms with Gasteiger partial charge in [0.1, 0.15) is 0 Å².